The topological polar surface area (TPSA) is 116 Å². The Morgan fingerprint density at radius 3 is 2.79 bits per heavy atom. The van der Waals surface area contributed by atoms with Crippen molar-refractivity contribution in [1.29, 1.82) is 0 Å². The van der Waals surface area contributed by atoms with Crippen LogP contribution in [0, 0.1) is 6.92 Å². The molecule has 0 unspecified atom stereocenters. The number of thioether (sulfide) groups is 1. The van der Waals surface area contributed by atoms with Crippen LogP contribution in [0.2, 0.25) is 0 Å². The van der Waals surface area contributed by atoms with E-state index in [1.807, 2.05) is 6.07 Å². The molecule has 0 saturated carbocycles. The van der Waals surface area contributed by atoms with Gasteiger partial charge >= 0.3 is 5.97 Å². The molecule has 0 bridgehead atoms. The van der Waals surface area contributed by atoms with Crippen molar-refractivity contribution in [3.05, 3.63) is 61.2 Å². The Morgan fingerprint density at radius 2 is 2.03 bits per heavy atom. The predicted octanol–water partition coefficient (Wildman–Crippen LogP) is 3.12. The van der Waals surface area contributed by atoms with Crippen LogP contribution in [-0.2, 0) is 21.8 Å². The molecule has 0 aliphatic heterocycles. The van der Waals surface area contributed by atoms with Crippen molar-refractivity contribution in [3.63, 3.8) is 0 Å². The Morgan fingerprint density at radius 1 is 1.24 bits per heavy atom. The van der Waals surface area contributed by atoms with Gasteiger partial charge in [-0.3, -0.25) is 14.2 Å². The van der Waals surface area contributed by atoms with E-state index in [4.69, 9.17) is 9.47 Å². The minimum absolute atomic E-state index is 0.148. The summed E-state index contributed by atoms with van der Waals surface area (Å²) in [5, 5.41) is 1.43. The number of rotatable bonds is 8. The minimum atomic E-state index is -0.462. The fraction of sp³-hybridized carbons (Fsp3) is 0.318. The van der Waals surface area contributed by atoms with Gasteiger partial charge in [0.25, 0.3) is 11.1 Å². The van der Waals surface area contributed by atoms with Gasteiger partial charge < -0.3 is 14.5 Å². The van der Waals surface area contributed by atoms with E-state index in [2.05, 4.69) is 15.0 Å². The summed E-state index contributed by atoms with van der Waals surface area (Å²) in [6, 6.07) is 7.17. The zero-order chi connectivity index (χ0) is 23.5. The summed E-state index contributed by atoms with van der Waals surface area (Å²) in [5.41, 5.74) is 0.697. The van der Waals surface area contributed by atoms with Crippen molar-refractivity contribution < 1.29 is 14.3 Å². The van der Waals surface area contributed by atoms with Crippen molar-refractivity contribution in [2.45, 2.75) is 31.3 Å². The average molecular weight is 487 g/mol. The molecule has 33 heavy (non-hydrogen) atoms. The number of carbonyl (C=O) groups excluding carboxylic acids is 1. The summed E-state index contributed by atoms with van der Waals surface area (Å²) in [6.45, 7) is 4.41. The summed E-state index contributed by atoms with van der Waals surface area (Å²) in [6.07, 6.45) is 0. The summed E-state index contributed by atoms with van der Waals surface area (Å²) in [5.74, 6) is 0.250. The van der Waals surface area contributed by atoms with Gasteiger partial charge in [0.2, 0.25) is 0 Å². The minimum Gasteiger partial charge on any atom is -0.462 e. The van der Waals surface area contributed by atoms with Gasteiger partial charge in [-0.05, 0) is 31.5 Å². The van der Waals surface area contributed by atoms with Gasteiger partial charge in [-0.2, -0.15) is 0 Å². The second kappa shape index (κ2) is 9.86. The standard InChI is InChI=1S/C22H22N4O5S2/c1-4-31-21(29)17-12(2)16-18(27)24-15(25-19(16)33-17)11-32-22-23-14-8-6-5-7-13(14)20(28)26(22)9-10-30-3/h5-8H,4,9-11H2,1-3H3,(H,24,25,27). The number of fused-ring (bicyclic) bond motifs is 2. The van der Waals surface area contributed by atoms with E-state index in [0.29, 0.717) is 55.7 Å². The third-order valence-corrected chi connectivity index (χ3v) is 7.15. The highest BCUT2D eigenvalue weighted by Gasteiger charge is 2.20. The van der Waals surface area contributed by atoms with Crippen LogP contribution in [0.5, 0.6) is 0 Å². The third-order valence-electron chi connectivity index (χ3n) is 4.99. The zero-order valence-corrected chi connectivity index (χ0v) is 20.0. The Balaban J connectivity index is 1.69. The number of nitrogens with zero attached hydrogens (tertiary/aromatic N) is 3. The fourth-order valence-electron chi connectivity index (χ4n) is 3.42. The average Bonchev–Trinajstić information content (AvgIpc) is 3.14. The van der Waals surface area contributed by atoms with Crippen LogP contribution < -0.4 is 11.1 Å². The molecule has 1 N–H and O–H groups in total. The smallest absolute Gasteiger partial charge is 0.348 e. The molecule has 0 radical (unpaired) electrons. The van der Waals surface area contributed by atoms with E-state index < -0.39 is 5.97 Å². The highest BCUT2D eigenvalue weighted by molar-refractivity contribution is 7.98. The lowest BCUT2D eigenvalue weighted by atomic mass is 10.2. The highest BCUT2D eigenvalue weighted by atomic mass is 32.2. The van der Waals surface area contributed by atoms with Crippen LogP contribution in [0.25, 0.3) is 21.1 Å². The number of nitrogens with one attached hydrogen (secondary N) is 1. The van der Waals surface area contributed by atoms with Crippen molar-refractivity contribution in [3.8, 4) is 0 Å². The van der Waals surface area contributed by atoms with Crippen molar-refractivity contribution in [2.75, 3.05) is 20.3 Å². The summed E-state index contributed by atoms with van der Waals surface area (Å²) in [7, 11) is 1.57. The lowest BCUT2D eigenvalue weighted by Crippen LogP contribution is -2.25. The maximum absolute atomic E-state index is 13.0. The molecule has 4 rings (SSSR count). The fourth-order valence-corrected chi connectivity index (χ4v) is 5.41. The lowest BCUT2D eigenvalue weighted by Gasteiger charge is -2.12. The molecule has 172 valence electrons. The maximum Gasteiger partial charge on any atom is 0.348 e. The van der Waals surface area contributed by atoms with Gasteiger partial charge in [0.1, 0.15) is 15.5 Å². The first-order valence-corrected chi connectivity index (χ1v) is 12.1. The van der Waals surface area contributed by atoms with E-state index in [-0.39, 0.29) is 23.5 Å². The number of methoxy groups -OCH3 is 1. The normalized spacial score (nSPS) is 11.4. The number of carbonyl (C=O) groups is 1. The molecule has 0 aliphatic rings. The second-order valence-electron chi connectivity index (χ2n) is 7.12. The molecule has 0 saturated heterocycles. The molecule has 3 aromatic heterocycles. The molecular weight excluding hydrogens is 464 g/mol. The van der Waals surface area contributed by atoms with Crippen LogP contribution in [0.15, 0.2) is 39.0 Å². The number of ether oxygens (including phenoxy) is 2. The first-order chi connectivity index (χ1) is 15.9. The summed E-state index contributed by atoms with van der Waals surface area (Å²) in [4.78, 5) is 50.7. The SMILES string of the molecule is CCOC(=O)c1sc2nc(CSc3nc4ccccc4c(=O)n3CCOC)[nH]c(=O)c2c1C. The predicted molar refractivity (Wildman–Crippen MR) is 128 cm³/mol. The summed E-state index contributed by atoms with van der Waals surface area (Å²) >= 11 is 2.44. The van der Waals surface area contributed by atoms with Crippen molar-refractivity contribution in [1.82, 2.24) is 19.5 Å². The van der Waals surface area contributed by atoms with E-state index in [1.54, 1.807) is 43.7 Å². The molecule has 9 nitrogen and oxygen atoms in total. The van der Waals surface area contributed by atoms with Gasteiger partial charge in [-0.1, -0.05) is 23.9 Å². The van der Waals surface area contributed by atoms with Crippen LogP contribution in [0.1, 0.15) is 28.0 Å². The van der Waals surface area contributed by atoms with E-state index in [9.17, 15) is 14.4 Å². The molecule has 0 amide bonds. The molecule has 0 aliphatic carbocycles. The first kappa shape index (κ1) is 23.1. The van der Waals surface area contributed by atoms with Gasteiger partial charge in [0.05, 0.1) is 41.8 Å². The van der Waals surface area contributed by atoms with Crippen LogP contribution >= 0.6 is 23.1 Å². The number of benzene rings is 1. The van der Waals surface area contributed by atoms with Crippen molar-refractivity contribution >= 4 is 50.2 Å². The number of hydrogen-bond acceptors (Lipinski definition) is 9. The van der Waals surface area contributed by atoms with E-state index >= 15 is 0 Å². The number of thiophene rings is 1. The molecule has 0 fully saturated rings. The Kier molecular flexibility index (Phi) is 6.91. The molecular formula is C22H22N4O5S2. The van der Waals surface area contributed by atoms with Gasteiger partial charge in [-0.25, -0.2) is 14.8 Å². The van der Waals surface area contributed by atoms with E-state index in [0.717, 1.165) is 11.3 Å². The number of para-hydroxylation sites is 1. The quantitative estimate of drug-likeness (QED) is 0.229. The maximum atomic E-state index is 13.0. The van der Waals surface area contributed by atoms with Crippen LogP contribution in [0.4, 0.5) is 0 Å². The Labute approximate surface area is 196 Å². The van der Waals surface area contributed by atoms with Crippen molar-refractivity contribution in [2.24, 2.45) is 0 Å². The number of H-pyrrole nitrogens is 1. The molecule has 0 atom stereocenters. The summed E-state index contributed by atoms with van der Waals surface area (Å²) < 4.78 is 11.8. The lowest BCUT2D eigenvalue weighted by molar-refractivity contribution is 0.0531. The number of aromatic amines is 1. The monoisotopic (exact) mass is 486 g/mol. The van der Waals surface area contributed by atoms with E-state index in [1.165, 1.54) is 11.8 Å². The van der Waals surface area contributed by atoms with Gasteiger partial charge in [0, 0.05) is 7.11 Å². The highest BCUT2D eigenvalue weighted by Crippen LogP contribution is 2.28. The molecule has 4 aromatic rings. The largest absolute Gasteiger partial charge is 0.462 e. The van der Waals surface area contributed by atoms with Gasteiger partial charge in [0.15, 0.2) is 5.16 Å². The van der Waals surface area contributed by atoms with Crippen LogP contribution in [0.3, 0.4) is 0 Å². The Bertz CT molecular complexity index is 1460. The number of aryl methyl sites for hydroxylation is 1. The molecule has 3 heterocycles. The molecule has 0 spiro atoms. The van der Waals surface area contributed by atoms with Crippen LogP contribution in [-0.4, -0.2) is 45.8 Å². The zero-order valence-electron chi connectivity index (χ0n) is 18.3. The number of hydrogen-bond donors (Lipinski definition) is 1. The number of esters is 1. The van der Waals surface area contributed by atoms with Gasteiger partial charge in [-0.15, -0.1) is 11.3 Å². The first-order valence-electron chi connectivity index (χ1n) is 10.2. The third kappa shape index (κ3) is 4.56. The number of aromatic nitrogens is 4. The Hall–Kier alpha value is -3.02. The molecule has 11 heteroatoms. The second-order valence-corrected chi connectivity index (χ2v) is 9.06. The molecule has 1 aromatic carbocycles.